The van der Waals surface area contributed by atoms with E-state index in [1.54, 1.807) is 0 Å². The molecule has 0 heterocycles. The fourth-order valence-corrected chi connectivity index (χ4v) is 1.41. The lowest BCUT2D eigenvalue weighted by molar-refractivity contribution is -0.120. The van der Waals surface area contributed by atoms with Crippen LogP contribution in [0.4, 0.5) is 0 Å². The second-order valence-corrected chi connectivity index (χ2v) is 5.80. The predicted octanol–water partition coefficient (Wildman–Crippen LogP) is 3.83. The number of rotatable bonds is 7. The lowest BCUT2D eigenvalue weighted by atomic mass is 10.1. The number of halogens is 3. The average molecular weight is 275 g/mol. The third kappa shape index (κ3) is 9.28. The van der Waals surface area contributed by atoms with Crippen LogP contribution < -0.4 is 5.32 Å². The summed E-state index contributed by atoms with van der Waals surface area (Å²) in [5, 5.41) is 2.58. The molecule has 15 heavy (non-hydrogen) atoms. The molecule has 0 unspecified atom stereocenters. The lowest BCUT2D eigenvalue weighted by Gasteiger charge is -2.10. The van der Waals surface area contributed by atoms with Gasteiger partial charge in [-0.1, -0.05) is 73.8 Å². The Morgan fingerprint density at radius 1 is 1.07 bits per heavy atom. The first-order chi connectivity index (χ1) is 6.98. The minimum absolute atomic E-state index is 0.541. The number of hydrogen-bond donors (Lipinski definition) is 1. The molecule has 0 aliphatic heterocycles. The van der Waals surface area contributed by atoms with Crippen LogP contribution in [0.15, 0.2) is 0 Å². The fraction of sp³-hybridized carbons (Fsp3) is 0.900. The summed E-state index contributed by atoms with van der Waals surface area (Å²) >= 11 is 16.2. The van der Waals surface area contributed by atoms with Crippen molar-refractivity contribution in [2.24, 2.45) is 0 Å². The van der Waals surface area contributed by atoms with Crippen molar-refractivity contribution in [1.82, 2.24) is 5.32 Å². The SMILES string of the molecule is CCCCCCCCNC(=O)C(Cl)(Cl)Cl. The van der Waals surface area contributed by atoms with E-state index in [1.165, 1.54) is 25.7 Å². The van der Waals surface area contributed by atoms with Gasteiger partial charge in [0.25, 0.3) is 9.70 Å². The van der Waals surface area contributed by atoms with Crippen molar-refractivity contribution in [3.63, 3.8) is 0 Å². The Morgan fingerprint density at radius 3 is 2.13 bits per heavy atom. The van der Waals surface area contributed by atoms with Crippen LogP contribution in [0.2, 0.25) is 0 Å². The van der Waals surface area contributed by atoms with Gasteiger partial charge in [0.05, 0.1) is 0 Å². The average Bonchev–Trinajstić information content (AvgIpc) is 2.14. The molecule has 0 radical (unpaired) electrons. The summed E-state index contributed by atoms with van der Waals surface area (Å²) in [6, 6.07) is 0. The Labute approximate surface area is 107 Å². The Balaban J connectivity index is 3.28. The normalized spacial score (nSPS) is 11.5. The zero-order valence-electron chi connectivity index (χ0n) is 8.99. The van der Waals surface area contributed by atoms with Crippen molar-refractivity contribution in [3.8, 4) is 0 Å². The molecular weight excluding hydrogens is 256 g/mol. The van der Waals surface area contributed by atoms with Crippen LogP contribution in [0.5, 0.6) is 0 Å². The highest BCUT2D eigenvalue weighted by Crippen LogP contribution is 2.25. The highest BCUT2D eigenvalue weighted by molar-refractivity contribution is 6.76. The molecule has 0 saturated carbocycles. The van der Waals surface area contributed by atoms with E-state index in [9.17, 15) is 4.79 Å². The van der Waals surface area contributed by atoms with Crippen LogP contribution in [-0.4, -0.2) is 16.2 Å². The van der Waals surface area contributed by atoms with Crippen LogP contribution in [0.3, 0.4) is 0 Å². The first kappa shape index (κ1) is 15.3. The molecule has 1 amide bonds. The maximum absolute atomic E-state index is 11.1. The highest BCUT2D eigenvalue weighted by Gasteiger charge is 2.29. The smallest absolute Gasteiger partial charge is 0.272 e. The van der Waals surface area contributed by atoms with Crippen molar-refractivity contribution in [3.05, 3.63) is 0 Å². The summed E-state index contributed by atoms with van der Waals surface area (Å²) in [5.74, 6) is -0.541. The van der Waals surface area contributed by atoms with Crippen LogP contribution >= 0.6 is 34.8 Å². The van der Waals surface area contributed by atoms with Crippen LogP contribution in [0.25, 0.3) is 0 Å². The van der Waals surface area contributed by atoms with Crippen molar-refractivity contribution in [2.45, 2.75) is 49.2 Å². The molecule has 0 aromatic rings. The van der Waals surface area contributed by atoms with Gasteiger partial charge in [0, 0.05) is 6.54 Å². The number of carbonyl (C=O) groups is 1. The third-order valence-electron chi connectivity index (χ3n) is 2.07. The molecule has 0 bridgehead atoms. The van der Waals surface area contributed by atoms with Gasteiger partial charge in [0.2, 0.25) is 0 Å². The van der Waals surface area contributed by atoms with E-state index in [0.29, 0.717) is 6.54 Å². The Hall–Kier alpha value is 0.340. The van der Waals surface area contributed by atoms with Crippen LogP contribution in [-0.2, 0) is 4.79 Å². The van der Waals surface area contributed by atoms with E-state index >= 15 is 0 Å². The quantitative estimate of drug-likeness (QED) is 0.555. The van der Waals surface area contributed by atoms with Gasteiger partial charge in [-0.2, -0.15) is 0 Å². The standard InChI is InChI=1S/C10H18Cl3NO/c1-2-3-4-5-6-7-8-14-9(15)10(11,12)13/h2-8H2,1H3,(H,14,15). The zero-order valence-corrected chi connectivity index (χ0v) is 11.3. The minimum Gasteiger partial charge on any atom is -0.352 e. The van der Waals surface area contributed by atoms with Gasteiger partial charge < -0.3 is 5.32 Å². The summed E-state index contributed by atoms with van der Waals surface area (Å²) in [7, 11) is 0. The van der Waals surface area contributed by atoms with Crippen LogP contribution in [0, 0.1) is 0 Å². The van der Waals surface area contributed by atoms with E-state index in [2.05, 4.69) is 12.2 Å². The largest absolute Gasteiger partial charge is 0.352 e. The van der Waals surface area contributed by atoms with Gasteiger partial charge in [0.15, 0.2) is 0 Å². The minimum atomic E-state index is -1.83. The van der Waals surface area contributed by atoms with E-state index in [1.807, 2.05) is 0 Å². The number of unbranched alkanes of at least 4 members (excludes halogenated alkanes) is 5. The molecule has 1 N–H and O–H groups in total. The van der Waals surface area contributed by atoms with Crippen molar-refractivity contribution in [1.29, 1.82) is 0 Å². The fourth-order valence-electron chi connectivity index (χ4n) is 1.21. The second kappa shape index (κ2) is 8.49. The lowest BCUT2D eigenvalue weighted by Crippen LogP contribution is -2.35. The summed E-state index contributed by atoms with van der Waals surface area (Å²) in [4.78, 5) is 11.1. The summed E-state index contributed by atoms with van der Waals surface area (Å²) < 4.78 is -1.83. The summed E-state index contributed by atoms with van der Waals surface area (Å²) in [6.45, 7) is 2.76. The summed E-state index contributed by atoms with van der Waals surface area (Å²) in [6.07, 6.45) is 7.03. The number of alkyl halides is 3. The molecule has 0 rings (SSSR count). The van der Waals surface area contributed by atoms with Gasteiger partial charge in [-0.15, -0.1) is 0 Å². The monoisotopic (exact) mass is 273 g/mol. The number of hydrogen-bond acceptors (Lipinski definition) is 1. The van der Waals surface area contributed by atoms with Gasteiger partial charge in [-0.3, -0.25) is 4.79 Å². The maximum atomic E-state index is 11.1. The molecule has 0 saturated heterocycles. The molecule has 2 nitrogen and oxygen atoms in total. The Morgan fingerprint density at radius 2 is 1.60 bits per heavy atom. The molecule has 5 heteroatoms. The third-order valence-corrected chi connectivity index (χ3v) is 2.59. The van der Waals surface area contributed by atoms with Crippen LogP contribution in [0.1, 0.15) is 45.4 Å². The molecule has 90 valence electrons. The van der Waals surface area contributed by atoms with E-state index < -0.39 is 9.70 Å². The topological polar surface area (TPSA) is 29.1 Å². The molecule has 0 fully saturated rings. The second-order valence-electron chi connectivity index (χ2n) is 3.52. The van der Waals surface area contributed by atoms with Crippen molar-refractivity contribution < 1.29 is 4.79 Å². The Kier molecular flexibility index (Phi) is 8.68. The van der Waals surface area contributed by atoms with Gasteiger partial charge in [0.1, 0.15) is 0 Å². The number of carbonyl (C=O) groups excluding carboxylic acids is 1. The first-order valence-electron chi connectivity index (χ1n) is 5.33. The predicted molar refractivity (Wildman–Crippen MR) is 66.7 cm³/mol. The first-order valence-corrected chi connectivity index (χ1v) is 6.47. The summed E-state index contributed by atoms with van der Waals surface area (Å²) in [5.41, 5.74) is 0. The molecule has 0 aliphatic rings. The zero-order chi connectivity index (χ0) is 11.7. The van der Waals surface area contributed by atoms with Crippen molar-refractivity contribution in [2.75, 3.05) is 6.54 Å². The van der Waals surface area contributed by atoms with E-state index in [0.717, 1.165) is 12.8 Å². The van der Waals surface area contributed by atoms with Gasteiger partial charge in [-0.25, -0.2) is 0 Å². The number of nitrogens with one attached hydrogen (secondary N) is 1. The van der Waals surface area contributed by atoms with Crippen molar-refractivity contribution >= 4 is 40.7 Å². The molecule has 0 aromatic heterocycles. The molecular formula is C10H18Cl3NO. The molecule has 0 aromatic carbocycles. The molecule has 0 atom stereocenters. The highest BCUT2D eigenvalue weighted by atomic mass is 35.6. The molecule has 0 aliphatic carbocycles. The van der Waals surface area contributed by atoms with Gasteiger partial charge >= 0.3 is 0 Å². The van der Waals surface area contributed by atoms with E-state index in [-0.39, 0.29) is 0 Å². The maximum Gasteiger partial charge on any atom is 0.272 e. The van der Waals surface area contributed by atoms with Gasteiger partial charge in [-0.05, 0) is 6.42 Å². The number of amides is 1. The molecule has 0 spiro atoms. The van der Waals surface area contributed by atoms with E-state index in [4.69, 9.17) is 34.8 Å². The Bertz CT molecular complexity index is 180.